The number of benzene rings is 1. The largest absolute Gasteiger partial charge is 0.359 e. The highest BCUT2D eigenvalue weighted by atomic mass is 19.1. The van der Waals surface area contributed by atoms with Crippen LogP contribution in [0.1, 0.15) is 44.2 Å². The highest BCUT2D eigenvalue weighted by molar-refractivity contribution is 5.79. The molecular formula is C16H20FN3O3. The summed E-state index contributed by atoms with van der Waals surface area (Å²) in [6, 6.07) is 2.03. The van der Waals surface area contributed by atoms with E-state index in [1.54, 1.807) is 6.07 Å². The number of hydrogen-bond donors (Lipinski definition) is 2. The molecule has 0 bridgehead atoms. The Bertz CT molecular complexity index is 792. The van der Waals surface area contributed by atoms with Gasteiger partial charge in [0.25, 0.3) is 0 Å². The Morgan fingerprint density at radius 3 is 2.70 bits per heavy atom. The predicted octanol–water partition coefficient (Wildman–Crippen LogP) is 1.86. The van der Waals surface area contributed by atoms with Gasteiger partial charge in [-0.1, -0.05) is 13.8 Å². The quantitative estimate of drug-likeness (QED) is 0.797. The number of amides is 1. The van der Waals surface area contributed by atoms with E-state index in [4.69, 9.17) is 0 Å². The van der Waals surface area contributed by atoms with Gasteiger partial charge in [0.1, 0.15) is 12.1 Å². The first-order valence-corrected chi connectivity index (χ1v) is 7.48. The smallest absolute Gasteiger partial charge is 0.327 e. The molecule has 2 N–H and O–H groups in total. The number of aromatic amines is 1. The third kappa shape index (κ3) is 3.33. The Morgan fingerprint density at radius 1 is 1.43 bits per heavy atom. The number of nitrogens with zero attached hydrogens (tertiary/aromatic N) is 1. The molecule has 0 radical (unpaired) electrons. The maximum absolute atomic E-state index is 14.2. The van der Waals surface area contributed by atoms with Crippen molar-refractivity contribution in [3.63, 3.8) is 0 Å². The van der Waals surface area contributed by atoms with Crippen molar-refractivity contribution in [2.45, 2.75) is 38.6 Å². The van der Waals surface area contributed by atoms with Gasteiger partial charge in [-0.15, -0.1) is 0 Å². The number of imidazole rings is 1. The maximum atomic E-state index is 14.2. The van der Waals surface area contributed by atoms with Crippen LogP contribution in [0.25, 0.3) is 11.0 Å². The molecular weight excluding hydrogens is 301 g/mol. The van der Waals surface area contributed by atoms with Crippen LogP contribution in [0, 0.1) is 5.82 Å². The van der Waals surface area contributed by atoms with E-state index in [0.29, 0.717) is 22.9 Å². The molecule has 2 aromatic rings. The van der Waals surface area contributed by atoms with Gasteiger partial charge >= 0.3 is 5.69 Å². The normalized spacial score (nSPS) is 12.6. The second-order valence-corrected chi connectivity index (χ2v) is 5.76. The summed E-state index contributed by atoms with van der Waals surface area (Å²) in [6.07, 6.45) is 0.876. The Labute approximate surface area is 132 Å². The molecule has 0 aliphatic rings. The standard InChI is InChI=1S/C16H20FN3O3/c1-9(2)11-6-13-14(7-12(11)17)20(16(23)19-13)10(8-21)4-5-15(22)18-3/h6-10H,4-5H2,1-3H3,(H,18,22)(H,19,23). The summed E-state index contributed by atoms with van der Waals surface area (Å²) in [7, 11) is 1.50. The van der Waals surface area contributed by atoms with E-state index >= 15 is 0 Å². The molecule has 1 aromatic heterocycles. The Hall–Kier alpha value is -2.44. The van der Waals surface area contributed by atoms with Crippen molar-refractivity contribution in [1.82, 2.24) is 14.9 Å². The average Bonchev–Trinajstić information content (AvgIpc) is 2.82. The third-order valence-corrected chi connectivity index (χ3v) is 3.89. The lowest BCUT2D eigenvalue weighted by Crippen LogP contribution is -2.25. The summed E-state index contributed by atoms with van der Waals surface area (Å²) in [6.45, 7) is 3.72. The lowest BCUT2D eigenvalue weighted by atomic mass is 10.0. The van der Waals surface area contributed by atoms with Crippen LogP contribution in [0.15, 0.2) is 16.9 Å². The summed E-state index contributed by atoms with van der Waals surface area (Å²) in [5.74, 6) is -0.671. The van der Waals surface area contributed by atoms with Crippen LogP contribution < -0.4 is 11.0 Å². The molecule has 1 atom stereocenters. The fraction of sp³-hybridized carbons (Fsp3) is 0.438. The van der Waals surface area contributed by atoms with Crippen molar-refractivity contribution in [2.75, 3.05) is 7.05 Å². The number of nitrogens with one attached hydrogen (secondary N) is 2. The van der Waals surface area contributed by atoms with Gasteiger partial charge in [-0.05, 0) is 24.0 Å². The number of halogens is 1. The zero-order valence-corrected chi connectivity index (χ0v) is 13.4. The lowest BCUT2D eigenvalue weighted by molar-refractivity contribution is -0.121. The maximum Gasteiger partial charge on any atom is 0.327 e. The molecule has 6 nitrogen and oxygen atoms in total. The summed E-state index contributed by atoms with van der Waals surface area (Å²) < 4.78 is 15.4. The van der Waals surface area contributed by atoms with Crippen LogP contribution in [-0.4, -0.2) is 28.8 Å². The molecule has 0 aliphatic carbocycles. The number of hydrogen-bond acceptors (Lipinski definition) is 3. The second kappa shape index (κ2) is 6.76. The van der Waals surface area contributed by atoms with E-state index in [-0.39, 0.29) is 24.7 Å². The van der Waals surface area contributed by atoms with E-state index in [1.165, 1.54) is 17.7 Å². The van der Waals surface area contributed by atoms with E-state index in [0.717, 1.165) is 0 Å². The van der Waals surface area contributed by atoms with Crippen molar-refractivity contribution < 1.29 is 14.0 Å². The molecule has 0 saturated carbocycles. The van der Waals surface area contributed by atoms with E-state index in [9.17, 15) is 18.8 Å². The summed E-state index contributed by atoms with van der Waals surface area (Å²) in [4.78, 5) is 37.5. The molecule has 7 heteroatoms. The second-order valence-electron chi connectivity index (χ2n) is 5.76. The third-order valence-electron chi connectivity index (χ3n) is 3.89. The van der Waals surface area contributed by atoms with Crippen LogP contribution in [0.4, 0.5) is 4.39 Å². The average molecular weight is 321 g/mol. The Morgan fingerprint density at radius 2 is 2.13 bits per heavy atom. The highest BCUT2D eigenvalue weighted by Crippen LogP contribution is 2.25. The monoisotopic (exact) mass is 321 g/mol. The Balaban J connectivity index is 2.49. The number of H-pyrrole nitrogens is 1. The zero-order chi connectivity index (χ0) is 17.1. The van der Waals surface area contributed by atoms with Crippen molar-refractivity contribution in [1.29, 1.82) is 0 Å². The van der Waals surface area contributed by atoms with Crippen molar-refractivity contribution in [2.24, 2.45) is 0 Å². The fourth-order valence-electron chi connectivity index (χ4n) is 2.60. The van der Waals surface area contributed by atoms with Gasteiger partial charge in [0, 0.05) is 19.5 Å². The topological polar surface area (TPSA) is 84.0 Å². The van der Waals surface area contributed by atoms with Crippen LogP contribution in [-0.2, 0) is 9.59 Å². The number of carbonyl (C=O) groups is 2. The van der Waals surface area contributed by atoms with Crippen molar-refractivity contribution in [3.8, 4) is 0 Å². The summed E-state index contributed by atoms with van der Waals surface area (Å²) in [5.41, 5.74) is 0.811. The molecule has 0 saturated heterocycles. The van der Waals surface area contributed by atoms with Gasteiger partial charge in [-0.2, -0.15) is 0 Å². The minimum absolute atomic E-state index is 0.0265. The number of aromatic nitrogens is 2. The van der Waals surface area contributed by atoms with Crippen LogP contribution in [0.2, 0.25) is 0 Å². The number of fused-ring (bicyclic) bond motifs is 1. The van der Waals surface area contributed by atoms with Gasteiger partial charge in [-0.25, -0.2) is 9.18 Å². The summed E-state index contributed by atoms with van der Waals surface area (Å²) in [5, 5.41) is 2.46. The fourth-order valence-corrected chi connectivity index (χ4v) is 2.60. The van der Waals surface area contributed by atoms with E-state index in [2.05, 4.69) is 10.3 Å². The molecule has 1 unspecified atom stereocenters. The molecule has 0 spiro atoms. The van der Waals surface area contributed by atoms with Gasteiger partial charge in [0.2, 0.25) is 5.91 Å². The molecule has 23 heavy (non-hydrogen) atoms. The molecule has 124 valence electrons. The molecule has 1 amide bonds. The predicted molar refractivity (Wildman–Crippen MR) is 85.0 cm³/mol. The van der Waals surface area contributed by atoms with E-state index in [1.807, 2.05) is 13.8 Å². The first-order chi connectivity index (χ1) is 10.9. The molecule has 1 heterocycles. The molecule has 2 rings (SSSR count). The first kappa shape index (κ1) is 16.9. The summed E-state index contributed by atoms with van der Waals surface area (Å²) >= 11 is 0. The molecule has 0 fully saturated rings. The van der Waals surface area contributed by atoms with Gasteiger partial charge < -0.3 is 15.1 Å². The van der Waals surface area contributed by atoms with E-state index < -0.39 is 17.5 Å². The van der Waals surface area contributed by atoms with Crippen molar-refractivity contribution >= 4 is 23.2 Å². The number of carbonyl (C=O) groups excluding carboxylic acids is 2. The van der Waals surface area contributed by atoms with Crippen LogP contribution >= 0.6 is 0 Å². The van der Waals surface area contributed by atoms with Crippen molar-refractivity contribution in [3.05, 3.63) is 34.0 Å². The van der Waals surface area contributed by atoms with Gasteiger partial charge in [0.15, 0.2) is 0 Å². The first-order valence-electron chi connectivity index (χ1n) is 7.48. The minimum Gasteiger partial charge on any atom is -0.359 e. The lowest BCUT2D eigenvalue weighted by Gasteiger charge is -2.13. The SMILES string of the molecule is CNC(=O)CCC(C=O)n1c(=O)[nH]c2cc(C(C)C)c(F)cc21. The zero-order valence-electron chi connectivity index (χ0n) is 13.4. The number of rotatable bonds is 6. The van der Waals surface area contributed by atoms with Crippen LogP contribution in [0.5, 0.6) is 0 Å². The van der Waals surface area contributed by atoms with Crippen LogP contribution in [0.3, 0.4) is 0 Å². The number of aldehydes is 1. The highest BCUT2D eigenvalue weighted by Gasteiger charge is 2.20. The van der Waals surface area contributed by atoms with Gasteiger partial charge in [-0.3, -0.25) is 9.36 Å². The van der Waals surface area contributed by atoms with Gasteiger partial charge in [0.05, 0.1) is 17.1 Å². The Kier molecular flexibility index (Phi) is 4.98. The molecule has 1 aromatic carbocycles. The minimum atomic E-state index is -0.821. The molecule has 0 aliphatic heterocycles.